The molecule has 106 valence electrons. The van der Waals surface area contributed by atoms with Crippen LogP contribution in [0.3, 0.4) is 0 Å². The first kappa shape index (κ1) is 13.4. The van der Waals surface area contributed by atoms with E-state index in [2.05, 4.69) is 49.4 Å². The highest BCUT2D eigenvalue weighted by Gasteiger charge is 2.29. The van der Waals surface area contributed by atoms with Crippen LogP contribution in [0, 0.1) is 11.8 Å². The third-order valence-electron chi connectivity index (χ3n) is 4.50. The molecule has 2 nitrogen and oxygen atoms in total. The van der Waals surface area contributed by atoms with Gasteiger partial charge in [0.15, 0.2) is 0 Å². The van der Waals surface area contributed by atoms with Gasteiger partial charge in [-0.15, -0.1) is 0 Å². The number of fused-ring (bicyclic) bond motifs is 1. The van der Waals surface area contributed by atoms with Gasteiger partial charge in [-0.05, 0) is 48.2 Å². The van der Waals surface area contributed by atoms with Crippen LogP contribution in [0.5, 0.6) is 5.75 Å². The molecule has 0 aromatic heterocycles. The summed E-state index contributed by atoms with van der Waals surface area (Å²) in [7, 11) is 0. The largest absolute Gasteiger partial charge is 0.490 e. The second kappa shape index (κ2) is 5.84. The molecule has 1 aliphatic rings. The molecular formula is C18H23NO. The van der Waals surface area contributed by atoms with Gasteiger partial charge in [-0.3, -0.25) is 0 Å². The van der Waals surface area contributed by atoms with E-state index in [9.17, 15) is 0 Å². The molecule has 2 N–H and O–H groups in total. The van der Waals surface area contributed by atoms with Gasteiger partial charge in [-0.2, -0.15) is 0 Å². The zero-order valence-electron chi connectivity index (χ0n) is 12.1. The zero-order valence-corrected chi connectivity index (χ0v) is 12.1. The first-order valence-electron chi connectivity index (χ1n) is 7.62. The molecule has 3 atom stereocenters. The third kappa shape index (κ3) is 2.80. The quantitative estimate of drug-likeness (QED) is 0.914. The Morgan fingerprint density at radius 3 is 2.70 bits per heavy atom. The Bertz CT molecular complexity index is 580. The van der Waals surface area contributed by atoms with Crippen LogP contribution in [0.15, 0.2) is 42.5 Å². The lowest BCUT2D eigenvalue weighted by Gasteiger charge is -2.34. The van der Waals surface area contributed by atoms with Gasteiger partial charge in [-0.1, -0.05) is 43.7 Å². The van der Waals surface area contributed by atoms with Crippen LogP contribution in [-0.2, 0) is 0 Å². The zero-order chi connectivity index (χ0) is 13.9. The molecule has 0 spiro atoms. The van der Waals surface area contributed by atoms with Crippen LogP contribution >= 0.6 is 0 Å². The molecule has 0 bridgehead atoms. The van der Waals surface area contributed by atoms with Gasteiger partial charge in [-0.25, -0.2) is 0 Å². The minimum absolute atomic E-state index is 0.268. The molecule has 20 heavy (non-hydrogen) atoms. The SMILES string of the molecule is CC1CCC(CN)C(Oc2ccc3ccccc3c2)C1. The van der Waals surface area contributed by atoms with Crippen molar-refractivity contribution in [3.63, 3.8) is 0 Å². The van der Waals surface area contributed by atoms with Gasteiger partial charge < -0.3 is 10.5 Å². The number of benzene rings is 2. The molecule has 0 radical (unpaired) electrons. The Kier molecular flexibility index (Phi) is 3.93. The fourth-order valence-electron chi connectivity index (χ4n) is 3.22. The van der Waals surface area contributed by atoms with Crippen LogP contribution in [0.25, 0.3) is 10.8 Å². The van der Waals surface area contributed by atoms with E-state index in [-0.39, 0.29) is 6.10 Å². The molecule has 2 heteroatoms. The van der Waals surface area contributed by atoms with Gasteiger partial charge >= 0.3 is 0 Å². The Hall–Kier alpha value is -1.54. The average molecular weight is 269 g/mol. The first-order valence-corrected chi connectivity index (χ1v) is 7.62. The van der Waals surface area contributed by atoms with Crippen molar-refractivity contribution in [2.75, 3.05) is 6.54 Å². The standard InChI is InChI=1S/C18H23NO/c1-13-6-7-16(12-19)18(10-13)20-17-9-8-14-4-2-3-5-15(14)11-17/h2-5,8-9,11,13,16,18H,6-7,10,12,19H2,1H3. The van der Waals surface area contributed by atoms with Crippen LogP contribution in [-0.4, -0.2) is 12.6 Å². The summed E-state index contributed by atoms with van der Waals surface area (Å²) in [5.41, 5.74) is 5.90. The van der Waals surface area contributed by atoms with Crippen molar-refractivity contribution in [3.8, 4) is 5.75 Å². The molecule has 0 aliphatic heterocycles. The monoisotopic (exact) mass is 269 g/mol. The Morgan fingerprint density at radius 1 is 1.10 bits per heavy atom. The van der Waals surface area contributed by atoms with Gasteiger partial charge in [0.25, 0.3) is 0 Å². The van der Waals surface area contributed by atoms with Gasteiger partial charge in [0.05, 0.1) is 0 Å². The van der Waals surface area contributed by atoms with Crippen molar-refractivity contribution in [2.24, 2.45) is 17.6 Å². The number of ether oxygens (including phenoxy) is 1. The van der Waals surface area contributed by atoms with Crippen molar-refractivity contribution in [3.05, 3.63) is 42.5 Å². The summed E-state index contributed by atoms with van der Waals surface area (Å²) < 4.78 is 6.26. The summed E-state index contributed by atoms with van der Waals surface area (Å²) in [5.74, 6) is 2.21. The van der Waals surface area contributed by atoms with E-state index in [0.29, 0.717) is 5.92 Å². The van der Waals surface area contributed by atoms with E-state index in [0.717, 1.165) is 24.6 Å². The van der Waals surface area contributed by atoms with Gasteiger partial charge in [0.2, 0.25) is 0 Å². The molecule has 2 aromatic rings. The molecule has 0 heterocycles. The lowest BCUT2D eigenvalue weighted by atomic mass is 9.80. The first-order chi connectivity index (χ1) is 9.76. The maximum absolute atomic E-state index is 6.26. The summed E-state index contributed by atoms with van der Waals surface area (Å²) >= 11 is 0. The smallest absolute Gasteiger partial charge is 0.120 e. The van der Waals surface area contributed by atoms with Gasteiger partial charge in [0, 0.05) is 5.92 Å². The van der Waals surface area contributed by atoms with Crippen LogP contribution < -0.4 is 10.5 Å². The minimum atomic E-state index is 0.268. The van der Waals surface area contributed by atoms with Crippen LogP contribution in [0.1, 0.15) is 26.2 Å². The molecule has 1 fully saturated rings. The predicted molar refractivity (Wildman–Crippen MR) is 83.9 cm³/mol. The average Bonchev–Trinajstić information content (AvgIpc) is 2.47. The summed E-state index contributed by atoms with van der Waals surface area (Å²) in [6.07, 6.45) is 3.86. The topological polar surface area (TPSA) is 35.2 Å². The van der Waals surface area contributed by atoms with Crippen molar-refractivity contribution in [1.29, 1.82) is 0 Å². The highest BCUT2D eigenvalue weighted by atomic mass is 16.5. The molecule has 3 unspecified atom stereocenters. The second-order valence-electron chi connectivity index (χ2n) is 6.08. The number of nitrogens with two attached hydrogens (primary N) is 1. The Morgan fingerprint density at radius 2 is 1.90 bits per heavy atom. The predicted octanol–water partition coefficient (Wildman–Crippen LogP) is 3.98. The normalized spacial score (nSPS) is 26.6. The van der Waals surface area contributed by atoms with Crippen molar-refractivity contribution in [2.45, 2.75) is 32.3 Å². The number of hydrogen-bond donors (Lipinski definition) is 1. The minimum Gasteiger partial charge on any atom is -0.490 e. The fourth-order valence-corrected chi connectivity index (χ4v) is 3.22. The lowest BCUT2D eigenvalue weighted by Crippen LogP contribution is -2.37. The van der Waals surface area contributed by atoms with Crippen molar-refractivity contribution >= 4 is 10.8 Å². The van der Waals surface area contributed by atoms with E-state index in [4.69, 9.17) is 10.5 Å². The highest BCUT2D eigenvalue weighted by Crippen LogP contribution is 2.32. The Balaban J connectivity index is 1.80. The molecule has 1 saturated carbocycles. The summed E-state index contributed by atoms with van der Waals surface area (Å²) in [6, 6.07) is 14.7. The van der Waals surface area contributed by atoms with Crippen molar-refractivity contribution < 1.29 is 4.74 Å². The number of rotatable bonds is 3. The molecule has 0 amide bonds. The molecule has 3 rings (SSSR count). The summed E-state index contributed by atoms with van der Waals surface area (Å²) in [4.78, 5) is 0. The fraction of sp³-hybridized carbons (Fsp3) is 0.444. The third-order valence-corrected chi connectivity index (χ3v) is 4.50. The van der Waals surface area contributed by atoms with Crippen molar-refractivity contribution in [1.82, 2.24) is 0 Å². The van der Waals surface area contributed by atoms with E-state index >= 15 is 0 Å². The van der Waals surface area contributed by atoms with E-state index in [1.807, 2.05) is 0 Å². The molecule has 1 aliphatic carbocycles. The van der Waals surface area contributed by atoms with Crippen LogP contribution in [0.2, 0.25) is 0 Å². The van der Waals surface area contributed by atoms with E-state index in [1.165, 1.54) is 23.6 Å². The molecular weight excluding hydrogens is 246 g/mol. The van der Waals surface area contributed by atoms with E-state index in [1.54, 1.807) is 0 Å². The molecule has 2 aromatic carbocycles. The number of hydrogen-bond acceptors (Lipinski definition) is 2. The Labute approximate surface area is 120 Å². The maximum Gasteiger partial charge on any atom is 0.120 e. The second-order valence-corrected chi connectivity index (χ2v) is 6.08. The van der Waals surface area contributed by atoms with E-state index < -0.39 is 0 Å². The lowest BCUT2D eigenvalue weighted by molar-refractivity contribution is 0.0743. The highest BCUT2D eigenvalue weighted by molar-refractivity contribution is 5.83. The summed E-state index contributed by atoms with van der Waals surface area (Å²) in [5, 5.41) is 2.49. The van der Waals surface area contributed by atoms with Crippen LogP contribution in [0.4, 0.5) is 0 Å². The molecule has 0 saturated heterocycles. The van der Waals surface area contributed by atoms with Gasteiger partial charge in [0.1, 0.15) is 11.9 Å². The summed E-state index contributed by atoms with van der Waals surface area (Å²) in [6.45, 7) is 3.04. The maximum atomic E-state index is 6.26.